The summed E-state index contributed by atoms with van der Waals surface area (Å²) in [4.78, 5) is 0. The van der Waals surface area contributed by atoms with Crippen LogP contribution in [0.4, 0.5) is 0 Å². The Morgan fingerprint density at radius 3 is 2.55 bits per heavy atom. The lowest BCUT2D eigenvalue weighted by Crippen LogP contribution is -2.54. The smallest absolute Gasteiger partial charge is 0.0618 e. The van der Waals surface area contributed by atoms with Crippen molar-refractivity contribution in [2.45, 2.75) is 110 Å². The third kappa shape index (κ3) is 3.02. The number of fused-ring (bicyclic) bond motifs is 7. The van der Waals surface area contributed by atoms with Crippen molar-refractivity contribution in [2.24, 2.45) is 46.3 Å². The molecular weight excluding hydrogens is 356 g/mol. The Labute approximate surface area is 178 Å². The molecule has 5 aliphatic rings. The van der Waals surface area contributed by atoms with Gasteiger partial charge in [0.1, 0.15) is 0 Å². The second-order valence-electron chi connectivity index (χ2n) is 12.5. The van der Waals surface area contributed by atoms with Crippen LogP contribution in [0.1, 0.15) is 91.9 Å². The zero-order valence-corrected chi connectivity index (χ0v) is 19.3. The van der Waals surface area contributed by atoms with E-state index in [1.165, 1.54) is 50.5 Å². The highest BCUT2D eigenvalue weighted by Crippen LogP contribution is 2.70. The van der Waals surface area contributed by atoms with Crippen molar-refractivity contribution in [3.05, 3.63) is 12.2 Å². The van der Waals surface area contributed by atoms with Crippen molar-refractivity contribution in [3.63, 3.8) is 0 Å². The lowest BCUT2D eigenvalue weighted by Gasteiger charge is -2.61. The van der Waals surface area contributed by atoms with Crippen LogP contribution in [0.2, 0.25) is 0 Å². The minimum absolute atomic E-state index is 0.0327. The molecule has 1 N–H and O–H groups in total. The average Bonchev–Trinajstić information content (AvgIpc) is 3.14. The van der Waals surface area contributed by atoms with E-state index in [-0.39, 0.29) is 6.10 Å². The summed E-state index contributed by atoms with van der Waals surface area (Å²) in [7, 11) is 0. The van der Waals surface area contributed by atoms with Crippen LogP contribution < -0.4 is 0 Å². The molecule has 0 aromatic rings. The van der Waals surface area contributed by atoms with E-state index in [0.717, 1.165) is 48.9 Å². The molecule has 0 aromatic heterocycles. The van der Waals surface area contributed by atoms with Crippen LogP contribution in [0.25, 0.3) is 0 Å². The molecule has 29 heavy (non-hydrogen) atoms. The largest absolute Gasteiger partial charge is 0.393 e. The Morgan fingerprint density at radius 1 is 1.03 bits per heavy atom. The Bertz CT molecular complexity index is 657. The first-order chi connectivity index (χ1) is 13.7. The molecule has 11 atom stereocenters. The van der Waals surface area contributed by atoms with Gasteiger partial charge in [-0.15, -0.1) is 6.58 Å². The van der Waals surface area contributed by atoms with Crippen molar-refractivity contribution in [2.75, 3.05) is 0 Å². The second-order valence-corrected chi connectivity index (χ2v) is 12.5. The number of aliphatic hydroxyl groups is 1. The Morgan fingerprint density at radius 2 is 1.79 bits per heavy atom. The van der Waals surface area contributed by atoms with Crippen LogP contribution in [0.3, 0.4) is 0 Å². The number of rotatable bonds is 3. The standard InChI is InChI=1S/C27H44O2/c1-16(2)6-9-23-17(3)25-24(29-23)15-22-20-8-7-18-14-19(28)10-12-26(18,4)21(20)11-13-27(22,25)5/h17-25,28H,1,6-15H2,2-5H3/t17-,18?,19?,20-,21+,22+,23?,24+,25+,26+,27+/m1/s1. The van der Waals surface area contributed by atoms with Gasteiger partial charge in [0.05, 0.1) is 18.3 Å². The van der Waals surface area contributed by atoms with E-state index >= 15 is 0 Å². The van der Waals surface area contributed by atoms with E-state index < -0.39 is 0 Å². The number of ether oxygens (including phenoxy) is 1. The van der Waals surface area contributed by atoms with E-state index in [9.17, 15) is 5.11 Å². The maximum atomic E-state index is 10.3. The Kier molecular flexibility index (Phi) is 5.03. The Balaban J connectivity index is 1.35. The monoisotopic (exact) mass is 400 g/mol. The first kappa shape index (κ1) is 20.6. The molecule has 3 unspecified atom stereocenters. The highest BCUT2D eigenvalue weighted by atomic mass is 16.5. The van der Waals surface area contributed by atoms with Crippen molar-refractivity contribution in [1.29, 1.82) is 0 Å². The van der Waals surface area contributed by atoms with Crippen LogP contribution in [-0.4, -0.2) is 23.4 Å². The first-order valence-electron chi connectivity index (χ1n) is 12.7. The summed E-state index contributed by atoms with van der Waals surface area (Å²) < 4.78 is 6.76. The van der Waals surface area contributed by atoms with Gasteiger partial charge in [0.25, 0.3) is 0 Å². The molecule has 1 aliphatic heterocycles. The average molecular weight is 401 g/mol. The molecule has 4 aliphatic carbocycles. The fourth-order valence-electron chi connectivity index (χ4n) is 9.64. The maximum Gasteiger partial charge on any atom is 0.0618 e. The summed E-state index contributed by atoms with van der Waals surface area (Å²) in [6, 6.07) is 0. The van der Waals surface area contributed by atoms with Gasteiger partial charge in [0.2, 0.25) is 0 Å². The summed E-state index contributed by atoms with van der Waals surface area (Å²) in [6.45, 7) is 14.0. The van der Waals surface area contributed by atoms with Gasteiger partial charge in [0.15, 0.2) is 0 Å². The fourth-order valence-corrected chi connectivity index (χ4v) is 9.64. The predicted octanol–water partition coefficient (Wildman–Crippen LogP) is 6.38. The molecule has 5 rings (SSSR count). The van der Waals surface area contributed by atoms with Crippen LogP contribution in [0.5, 0.6) is 0 Å². The minimum atomic E-state index is -0.0327. The van der Waals surface area contributed by atoms with Gasteiger partial charge < -0.3 is 9.84 Å². The zero-order chi connectivity index (χ0) is 20.6. The van der Waals surface area contributed by atoms with Crippen LogP contribution in [-0.2, 0) is 4.74 Å². The molecule has 0 spiro atoms. The minimum Gasteiger partial charge on any atom is -0.393 e. The molecule has 0 bridgehead atoms. The van der Waals surface area contributed by atoms with Crippen molar-refractivity contribution in [1.82, 2.24) is 0 Å². The third-order valence-corrected chi connectivity index (χ3v) is 11.1. The number of aliphatic hydroxyl groups excluding tert-OH is 1. The van der Waals surface area contributed by atoms with Gasteiger partial charge in [-0.25, -0.2) is 0 Å². The van der Waals surface area contributed by atoms with Gasteiger partial charge in [-0.3, -0.25) is 0 Å². The lowest BCUT2D eigenvalue weighted by molar-refractivity contribution is -0.130. The molecule has 0 radical (unpaired) electrons. The topological polar surface area (TPSA) is 29.5 Å². The van der Waals surface area contributed by atoms with E-state index in [1.807, 2.05) is 0 Å². The maximum absolute atomic E-state index is 10.3. The summed E-state index contributed by atoms with van der Waals surface area (Å²) >= 11 is 0. The van der Waals surface area contributed by atoms with Crippen molar-refractivity contribution < 1.29 is 9.84 Å². The molecule has 1 heterocycles. The summed E-state index contributed by atoms with van der Waals surface area (Å²) in [5.41, 5.74) is 2.27. The molecule has 0 amide bonds. The van der Waals surface area contributed by atoms with Gasteiger partial charge >= 0.3 is 0 Å². The van der Waals surface area contributed by atoms with E-state index in [0.29, 0.717) is 29.0 Å². The van der Waals surface area contributed by atoms with Gasteiger partial charge in [-0.1, -0.05) is 26.3 Å². The number of hydrogen-bond donors (Lipinski definition) is 1. The highest BCUT2D eigenvalue weighted by Gasteiger charge is 2.65. The third-order valence-electron chi connectivity index (χ3n) is 11.1. The normalized spacial score (nSPS) is 56.2. The molecule has 4 saturated carbocycles. The van der Waals surface area contributed by atoms with Crippen LogP contribution >= 0.6 is 0 Å². The van der Waals surface area contributed by atoms with Gasteiger partial charge in [-0.05, 0) is 117 Å². The zero-order valence-electron chi connectivity index (χ0n) is 19.3. The molecule has 5 fully saturated rings. The van der Waals surface area contributed by atoms with E-state index in [1.54, 1.807) is 0 Å². The molecule has 2 heteroatoms. The summed E-state index contributed by atoms with van der Waals surface area (Å²) in [5.74, 6) is 4.88. The summed E-state index contributed by atoms with van der Waals surface area (Å²) in [5, 5.41) is 10.3. The lowest BCUT2D eigenvalue weighted by atomic mass is 9.44. The molecule has 1 saturated heterocycles. The van der Waals surface area contributed by atoms with Crippen molar-refractivity contribution in [3.8, 4) is 0 Å². The van der Waals surface area contributed by atoms with E-state index in [4.69, 9.17) is 4.74 Å². The SMILES string of the molecule is C=C(C)CCC1O[C@H]2C[C@H]3[C@@H]4CCC5CC(O)CC[C@]5(C)[C@H]4CC[C@]3(C)[C@H]2[C@@H]1C. The quantitative estimate of drug-likeness (QED) is 0.557. The van der Waals surface area contributed by atoms with Crippen LogP contribution in [0, 0.1) is 46.3 Å². The van der Waals surface area contributed by atoms with Crippen LogP contribution in [0.15, 0.2) is 12.2 Å². The first-order valence-corrected chi connectivity index (χ1v) is 12.7. The Hall–Kier alpha value is -0.340. The molecule has 0 aromatic carbocycles. The number of allylic oxidation sites excluding steroid dienone is 1. The van der Waals surface area contributed by atoms with Crippen molar-refractivity contribution >= 4 is 0 Å². The summed E-state index contributed by atoms with van der Waals surface area (Å²) in [6.07, 6.45) is 13.5. The fraction of sp³-hybridized carbons (Fsp3) is 0.926. The molecule has 2 nitrogen and oxygen atoms in total. The van der Waals surface area contributed by atoms with Gasteiger partial charge in [-0.2, -0.15) is 0 Å². The van der Waals surface area contributed by atoms with E-state index in [2.05, 4.69) is 34.3 Å². The molecular formula is C27H44O2. The van der Waals surface area contributed by atoms with Gasteiger partial charge in [0, 0.05) is 0 Å². The number of hydrogen-bond acceptors (Lipinski definition) is 2. The second kappa shape index (κ2) is 7.09. The predicted molar refractivity (Wildman–Crippen MR) is 118 cm³/mol. The molecule has 164 valence electrons. The highest BCUT2D eigenvalue weighted by molar-refractivity contribution is 5.14.